The quantitative estimate of drug-likeness (QED) is 0.257. The van der Waals surface area contributed by atoms with Gasteiger partial charge in [0.05, 0.1) is 10.7 Å². The summed E-state index contributed by atoms with van der Waals surface area (Å²) in [4.78, 5) is 9.21. The topological polar surface area (TPSA) is 55.1 Å². The van der Waals surface area contributed by atoms with Gasteiger partial charge in [-0.15, -0.1) is 0 Å². The van der Waals surface area contributed by atoms with Gasteiger partial charge in [-0.25, -0.2) is 4.98 Å². The molecule has 0 amide bonds. The van der Waals surface area contributed by atoms with Gasteiger partial charge in [-0.05, 0) is 89.7 Å². The number of rotatable bonds is 7. The number of nitrogens with one attached hydrogen (secondary N) is 1. The molecule has 1 aliphatic rings. The minimum Gasteiger partial charge on any atom is -0.366 e. The van der Waals surface area contributed by atoms with Crippen molar-refractivity contribution in [3.63, 3.8) is 0 Å². The molecule has 0 spiro atoms. The first-order valence-corrected chi connectivity index (χ1v) is 13.2. The Labute approximate surface area is 211 Å². The van der Waals surface area contributed by atoms with Gasteiger partial charge in [0, 0.05) is 41.1 Å². The van der Waals surface area contributed by atoms with Gasteiger partial charge in [0.25, 0.3) is 0 Å². The van der Waals surface area contributed by atoms with Crippen LogP contribution in [0.4, 0.5) is 5.82 Å². The van der Waals surface area contributed by atoms with E-state index in [4.69, 9.17) is 4.98 Å². The molecule has 170 valence electrons. The molecule has 1 fully saturated rings. The predicted octanol–water partition coefficient (Wildman–Crippen LogP) is 7.17. The summed E-state index contributed by atoms with van der Waals surface area (Å²) in [6.07, 6.45) is 12.9. The van der Waals surface area contributed by atoms with Crippen LogP contribution in [0.5, 0.6) is 0 Å². The van der Waals surface area contributed by atoms with Crippen LogP contribution >= 0.6 is 31.9 Å². The highest BCUT2D eigenvalue weighted by Crippen LogP contribution is 2.38. The average molecular weight is 569 g/mol. The summed E-state index contributed by atoms with van der Waals surface area (Å²) < 4.78 is 3.96. The number of pyridine rings is 1. The summed E-state index contributed by atoms with van der Waals surface area (Å²) in [5.74, 6) is 2.28. The number of nitrogens with zero attached hydrogens (tertiary/aromatic N) is 4. The molecule has 33 heavy (non-hydrogen) atoms. The van der Waals surface area contributed by atoms with Gasteiger partial charge >= 0.3 is 0 Å². The Balaban J connectivity index is 1.25. The van der Waals surface area contributed by atoms with Crippen molar-refractivity contribution in [3.05, 3.63) is 86.8 Å². The van der Waals surface area contributed by atoms with E-state index in [0.29, 0.717) is 12.5 Å². The molecule has 0 atom stereocenters. The van der Waals surface area contributed by atoms with Gasteiger partial charge in [0.15, 0.2) is 5.65 Å². The third-order valence-electron chi connectivity index (χ3n) is 6.66. The number of hydrogen-bond acceptors (Lipinski definition) is 4. The lowest BCUT2D eigenvalue weighted by molar-refractivity contribution is 0.307. The molecule has 1 aromatic carbocycles. The maximum absolute atomic E-state index is 5.00. The number of aryl methyl sites for hydroxylation is 1. The van der Waals surface area contributed by atoms with Crippen LogP contribution in [0.1, 0.15) is 54.8 Å². The van der Waals surface area contributed by atoms with Crippen molar-refractivity contribution in [2.45, 2.75) is 51.0 Å². The van der Waals surface area contributed by atoms with Crippen LogP contribution in [0.25, 0.3) is 5.65 Å². The van der Waals surface area contributed by atoms with Crippen LogP contribution in [0.3, 0.4) is 0 Å². The summed E-state index contributed by atoms with van der Waals surface area (Å²) in [6.45, 7) is 0.701. The Morgan fingerprint density at radius 1 is 0.970 bits per heavy atom. The fourth-order valence-electron chi connectivity index (χ4n) is 4.75. The van der Waals surface area contributed by atoms with E-state index >= 15 is 0 Å². The lowest BCUT2D eigenvalue weighted by atomic mass is 9.78. The number of halogens is 2. The van der Waals surface area contributed by atoms with Crippen molar-refractivity contribution in [3.8, 4) is 0 Å². The molecule has 4 aromatic rings. The third-order valence-corrected chi connectivity index (χ3v) is 7.75. The zero-order chi connectivity index (χ0) is 22.6. The van der Waals surface area contributed by atoms with Crippen LogP contribution in [0.15, 0.2) is 70.0 Å². The van der Waals surface area contributed by atoms with Crippen LogP contribution in [-0.2, 0) is 13.0 Å². The second-order valence-corrected chi connectivity index (χ2v) is 10.7. The van der Waals surface area contributed by atoms with E-state index < -0.39 is 0 Å². The predicted molar refractivity (Wildman–Crippen MR) is 139 cm³/mol. The first-order chi connectivity index (χ1) is 16.2. The molecule has 7 heteroatoms. The van der Waals surface area contributed by atoms with Gasteiger partial charge in [-0.1, -0.05) is 34.1 Å². The van der Waals surface area contributed by atoms with E-state index in [1.807, 2.05) is 23.0 Å². The maximum Gasteiger partial charge on any atom is 0.171 e. The van der Waals surface area contributed by atoms with Crippen LogP contribution in [0.2, 0.25) is 0 Å². The molecule has 1 N–H and O–H groups in total. The average Bonchev–Trinajstić information content (AvgIpc) is 3.24. The summed E-state index contributed by atoms with van der Waals surface area (Å²) in [5.41, 5.74) is 4.62. The van der Waals surface area contributed by atoms with Gasteiger partial charge < -0.3 is 5.32 Å². The van der Waals surface area contributed by atoms with E-state index in [-0.39, 0.29) is 0 Å². The van der Waals surface area contributed by atoms with Crippen molar-refractivity contribution in [1.82, 2.24) is 19.6 Å². The fourth-order valence-corrected chi connectivity index (χ4v) is 5.37. The Morgan fingerprint density at radius 3 is 2.55 bits per heavy atom. The van der Waals surface area contributed by atoms with Crippen LogP contribution in [-0.4, -0.2) is 19.6 Å². The first kappa shape index (κ1) is 22.5. The summed E-state index contributed by atoms with van der Waals surface area (Å²) in [7, 11) is 0. The normalized spacial score (nSPS) is 18.5. The largest absolute Gasteiger partial charge is 0.366 e. The minimum absolute atomic E-state index is 0.500. The minimum atomic E-state index is 0.500. The number of anilines is 1. The Bertz CT molecular complexity index is 1200. The Kier molecular flexibility index (Phi) is 7.07. The Hall–Kier alpha value is -2.25. The molecule has 0 radical (unpaired) electrons. The summed E-state index contributed by atoms with van der Waals surface area (Å²) in [6, 6.07) is 15.0. The van der Waals surface area contributed by atoms with Crippen molar-refractivity contribution < 1.29 is 0 Å². The monoisotopic (exact) mass is 567 g/mol. The van der Waals surface area contributed by atoms with Crippen molar-refractivity contribution in [2.75, 3.05) is 5.32 Å². The first-order valence-electron chi connectivity index (χ1n) is 11.6. The SMILES string of the molecule is Brc1ccc(CCC2CCC(c3cc(NCc4cccnc4)n4ncc(Br)c4n3)CC2)cc1. The molecule has 5 rings (SSSR count). The molecule has 3 aromatic heterocycles. The maximum atomic E-state index is 5.00. The molecule has 3 heterocycles. The molecule has 0 unspecified atom stereocenters. The Morgan fingerprint density at radius 2 is 1.79 bits per heavy atom. The molecular formula is C26H27Br2N5. The number of benzene rings is 1. The van der Waals surface area contributed by atoms with E-state index in [9.17, 15) is 0 Å². The number of fused-ring (bicyclic) bond motifs is 1. The number of aromatic nitrogens is 4. The smallest absolute Gasteiger partial charge is 0.171 e. The highest BCUT2D eigenvalue weighted by Gasteiger charge is 2.24. The van der Waals surface area contributed by atoms with Crippen molar-refractivity contribution in [2.24, 2.45) is 5.92 Å². The zero-order valence-electron chi connectivity index (χ0n) is 18.4. The third kappa shape index (κ3) is 5.46. The summed E-state index contributed by atoms with van der Waals surface area (Å²) in [5, 5.41) is 8.06. The molecule has 0 saturated heterocycles. The highest BCUT2D eigenvalue weighted by molar-refractivity contribution is 9.10. The van der Waals surface area contributed by atoms with E-state index in [1.54, 1.807) is 6.20 Å². The van der Waals surface area contributed by atoms with Gasteiger partial charge in [0.2, 0.25) is 0 Å². The second-order valence-electron chi connectivity index (χ2n) is 8.89. The second kappa shape index (κ2) is 10.3. The van der Waals surface area contributed by atoms with E-state index in [0.717, 1.165) is 38.3 Å². The molecule has 1 saturated carbocycles. The zero-order valence-corrected chi connectivity index (χ0v) is 21.6. The summed E-state index contributed by atoms with van der Waals surface area (Å²) >= 11 is 7.15. The standard InChI is InChI=1S/C26H27Br2N5/c27-22-11-7-19(8-12-22)4-3-18-5-9-21(10-6-18)24-14-25(30-16-20-2-1-13-29-15-20)33-26(32-24)23(28)17-31-33/h1-2,7-8,11-15,17-18,21,30H,3-6,9-10,16H2. The van der Waals surface area contributed by atoms with Gasteiger partial charge in [-0.3, -0.25) is 4.98 Å². The number of hydrogen-bond donors (Lipinski definition) is 1. The van der Waals surface area contributed by atoms with Crippen molar-refractivity contribution in [1.29, 1.82) is 0 Å². The van der Waals surface area contributed by atoms with Crippen LogP contribution in [0, 0.1) is 5.92 Å². The van der Waals surface area contributed by atoms with Crippen molar-refractivity contribution >= 4 is 43.3 Å². The van der Waals surface area contributed by atoms with Gasteiger partial charge in [-0.2, -0.15) is 9.61 Å². The molecule has 5 nitrogen and oxygen atoms in total. The molecular weight excluding hydrogens is 542 g/mol. The highest BCUT2D eigenvalue weighted by atomic mass is 79.9. The lowest BCUT2D eigenvalue weighted by Gasteiger charge is -2.28. The van der Waals surface area contributed by atoms with Gasteiger partial charge in [0.1, 0.15) is 5.82 Å². The van der Waals surface area contributed by atoms with E-state index in [1.165, 1.54) is 43.4 Å². The van der Waals surface area contributed by atoms with E-state index in [2.05, 4.69) is 83.7 Å². The fraction of sp³-hybridized carbons (Fsp3) is 0.346. The lowest BCUT2D eigenvalue weighted by Crippen LogP contribution is -2.16. The molecule has 1 aliphatic carbocycles. The molecule has 0 aliphatic heterocycles. The van der Waals surface area contributed by atoms with Crippen LogP contribution < -0.4 is 5.32 Å². The molecule has 0 bridgehead atoms.